The highest BCUT2D eigenvalue weighted by molar-refractivity contribution is 8.00. The molecule has 0 radical (unpaired) electrons. The molecule has 1 heterocycles. The number of benzene rings is 1. The van der Waals surface area contributed by atoms with Crippen LogP contribution in [0.2, 0.25) is 0 Å². The fourth-order valence-electron chi connectivity index (χ4n) is 4.53. The van der Waals surface area contributed by atoms with Crippen LogP contribution in [-0.4, -0.2) is 36.1 Å². The Morgan fingerprint density at radius 3 is 3.00 bits per heavy atom. The van der Waals surface area contributed by atoms with Gasteiger partial charge in [-0.05, 0) is 67.7 Å². The molecule has 3 aliphatic rings. The first-order valence-corrected chi connectivity index (χ1v) is 10.4. The topological polar surface area (TPSA) is 36.4 Å². The van der Waals surface area contributed by atoms with E-state index in [9.17, 15) is 0 Å². The van der Waals surface area contributed by atoms with Crippen LogP contribution >= 0.6 is 11.8 Å². The Morgan fingerprint density at radius 1 is 1.33 bits per heavy atom. The van der Waals surface area contributed by atoms with E-state index >= 15 is 0 Å². The summed E-state index contributed by atoms with van der Waals surface area (Å²) in [4.78, 5) is 4.88. The van der Waals surface area contributed by atoms with Crippen molar-refractivity contribution in [3.63, 3.8) is 0 Å². The lowest BCUT2D eigenvalue weighted by molar-refractivity contribution is 0.610. The van der Waals surface area contributed by atoms with E-state index in [1.165, 1.54) is 25.0 Å². The maximum atomic E-state index is 4.88. The van der Waals surface area contributed by atoms with E-state index in [0.717, 1.165) is 43.3 Å². The van der Waals surface area contributed by atoms with E-state index in [0.29, 0.717) is 4.75 Å². The monoisotopic (exact) mass is 343 g/mol. The Kier molecular flexibility index (Phi) is 4.50. The van der Waals surface area contributed by atoms with Crippen molar-refractivity contribution in [3.05, 3.63) is 35.4 Å². The Hall–Kier alpha value is -1.16. The van der Waals surface area contributed by atoms with Gasteiger partial charge >= 0.3 is 0 Å². The minimum Gasteiger partial charge on any atom is -0.357 e. The minimum absolute atomic E-state index is 0.345. The van der Waals surface area contributed by atoms with Gasteiger partial charge in [0, 0.05) is 17.8 Å². The van der Waals surface area contributed by atoms with Gasteiger partial charge in [0.2, 0.25) is 0 Å². The molecule has 0 bridgehead atoms. The molecule has 4 heteroatoms. The van der Waals surface area contributed by atoms with E-state index in [1.807, 2.05) is 0 Å². The lowest BCUT2D eigenvalue weighted by Crippen LogP contribution is -2.39. The molecule has 2 aliphatic carbocycles. The average Bonchev–Trinajstić information content (AvgIpc) is 2.93. The molecule has 4 atom stereocenters. The molecule has 4 rings (SSSR count). The number of nitrogens with one attached hydrogen (secondary N) is 2. The summed E-state index contributed by atoms with van der Waals surface area (Å²) in [6.07, 6.45) is 3.91. The molecule has 2 N–H and O–H groups in total. The molecule has 0 aromatic heterocycles. The molecule has 2 fully saturated rings. The first kappa shape index (κ1) is 16.3. The zero-order valence-electron chi connectivity index (χ0n) is 14.8. The predicted octanol–water partition coefficient (Wildman–Crippen LogP) is 3.41. The molecule has 0 spiro atoms. The average molecular weight is 344 g/mol. The lowest BCUT2D eigenvalue weighted by atomic mass is 10.0. The zero-order valence-corrected chi connectivity index (χ0v) is 15.7. The highest BCUT2D eigenvalue weighted by atomic mass is 32.2. The maximum absolute atomic E-state index is 4.88. The molecule has 1 aliphatic heterocycles. The van der Waals surface area contributed by atoms with Crippen LogP contribution in [0, 0.1) is 11.8 Å². The summed E-state index contributed by atoms with van der Waals surface area (Å²) in [5.74, 6) is 4.74. The van der Waals surface area contributed by atoms with Gasteiger partial charge in [-0.3, -0.25) is 4.99 Å². The van der Waals surface area contributed by atoms with E-state index in [-0.39, 0.29) is 0 Å². The van der Waals surface area contributed by atoms with Gasteiger partial charge in [-0.2, -0.15) is 11.8 Å². The van der Waals surface area contributed by atoms with Gasteiger partial charge in [0.1, 0.15) is 0 Å². The van der Waals surface area contributed by atoms with Crippen molar-refractivity contribution in [2.45, 2.75) is 43.8 Å². The van der Waals surface area contributed by atoms with Crippen LogP contribution in [0.3, 0.4) is 0 Å². The third kappa shape index (κ3) is 3.17. The Labute approximate surface area is 150 Å². The summed E-state index contributed by atoms with van der Waals surface area (Å²) in [5, 5.41) is 7.03. The van der Waals surface area contributed by atoms with Crippen molar-refractivity contribution in [3.8, 4) is 0 Å². The number of hydrogen-bond acceptors (Lipinski definition) is 2. The van der Waals surface area contributed by atoms with Gasteiger partial charge in [-0.15, -0.1) is 0 Å². The van der Waals surface area contributed by atoms with Gasteiger partial charge in [-0.25, -0.2) is 0 Å². The second-order valence-electron chi connectivity index (χ2n) is 7.73. The molecule has 1 saturated heterocycles. The normalized spacial score (nSPS) is 33.9. The van der Waals surface area contributed by atoms with Crippen LogP contribution in [0.25, 0.3) is 0 Å². The zero-order chi connectivity index (χ0) is 16.6. The molecule has 1 saturated carbocycles. The van der Waals surface area contributed by atoms with E-state index < -0.39 is 0 Å². The van der Waals surface area contributed by atoms with Gasteiger partial charge in [0.15, 0.2) is 5.96 Å². The summed E-state index contributed by atoms with van der Waals surface area (Å²) in [5.41, 5.74) is 3.18. The maximum Gasteiger partial charge on any atom is 0.191 e. The predicted molar refractivity (Wildman–Crippen MR) is 104 cm³/mol. The van der Waals surface area contributed by atoms with Crippen LogP contribution < -0.4 is 10.6 Å². The standard InChI is InChI=1S/C20H29N3S/c1-3-21-19(23-13-20(2)9-6-10-24-20)22-12-17-16-11-14-7-4-5-8-15(14)18(16)17/h4-5,7-8,16-18H,3,6,9-13H2,1-2H3,(H2,21,22,23). The SMILES string of the molecule is CCNC(=NCC1(C)CCCS1)NCC1C2Cc3ccccc3C12. The summed E-state index contributed by atoms with van der Waals surface area (Å²) >= 11 is 2.08. The number of nitrogens with zero attached hydrogens (tertiary/aromatic N) is 1. The Bertz CT molecular complexity index is 621. The Morgan fingerprint density at radius 2 is 2.21 bits per heavy atom. The molecular weight excluding hydrogens is 314 g/mol. The number of rotatable bonds is 5. The van der Waals surface area contributed by atoms with Crippen LogP contribution in [0.15, 0.2) is 29.3 Å². The van der Waals surface area contributed by atoms with Crippen molar-refractivity contribution in [1.29, 1.82) is 0 Å². The number of aliphatic imine (C=N–C) groups is 1. The number of guanidine groups is 1. The van der Waals surface area contributed by atoms with Crippen molar-refractivity contribution in [1.82, 2.24) is 10.6 Å². The molecule has 4 unspecified atom stereocenters. The van der Waals surface area contributed by atoms with Crippen molar-refractivity contribution < 1.29 is 0 Å². The van der Waals surface area contributed by atoms with E-state index in [1.54, 1.807) is 11.1 Å². The third-order valence-electron chi connectivity index (χ3n) is 5.92. The molecule has 130 valence electrons. The van der Waals surface area contributed by atoms with Gasteiger partial charge in [0.05, 0.1) is 6.54 Å². The number of hydrogen-bond donors (Lipinski definition) is 2. The van der Waals surface area contributed by atoms with Crippen molar-refractivity contribution >= 4 is 17.7 Å². The fourth-order valence-corrected chi connectivity index (χ4v) is 5.75. The summed E-state index contributed by atoms with van der Waals surface area (Å²) in [6, 6.07) is 9.00. The lowest BCUT2D eigenvalue weighted by Gasteiger charge is -2.21. The van der Waals surface area contributed by atoms with E-state index in [2.05, 4.69) is 60.5 Å². The van der Waals surface area contributed by atoms with Gasteiger partial charge in [0.25, 0.3) is 0 Å². The largest absolute Gasteiger partial charge is 0.357 e. The summed E-state index contributed by atoms with van der Waals surface area (Å²) in [7, 11) is 0. The molecule has 24 heavy (non-hydrogen) atoms. The molecule has 1 aromatic rings. The first-order chi connectivity index (χ1) is 11.7. The first-order valence-electron chi connectivity index (χ1n) is 9.44. The number of thioether (sulfide) groups is 1. The second kappa shape index (κ2) is 6.62. The van der Waals surface area contributed by atoms with Crippen molar-refractivity contribution in [2.24, 2.45) is 16.8 Å². The fraction of sp³-hybridized carbons (Fsp3) is 0.650. The quantitative estimate of drug-likeness (QED) is 0.635. The molecule has 0 amide bonds. The van der Waals surface area contributed by atoms with Gasteiger partial charge in [-0.1, -0.05) is 24.3 Å². The third-order valence-corrected chi connectivity index (χ3v) is 7.45. The number of fused-ring (bicyclic) bond motifs is 3. The minimum atomic E-state index is 0.345. The smallest absolute Gasteiger partial charge is 0.191 e. The Balaban J connectivity index is 1.32. The highest BCUT2D eigenvalue weighted by Crippen LogP contribution is 2.60. The van der Waals surface area contributed by atoms with E-state index in [4.69, 9.17) is 4.99 Å². The van der Waals surface area contributed by atoms with Crippen LogP contribution in [0.4, 0.5) is 0 Å². The molecule has 1 aromatic carbocycles. The summed E-state index contributed by atoms with van der Waals surface area (Å²) < 4.78 is 0.345. The van der Waals surface area contributed by atoms with Crippen LogP contribution in [0.5, 0.6) is 0 Å². The van der Waals surface area contributed by atoms with Gasteiger partial charge < -0.3 is 10.6 Å². The highest BCUT2D eigenvalue weighted by Gasteiger charge is 2.54. The van der Waals surface area contributed by atoms with Crippen molar-refractivity contribution in [2.75, 3.05) is 25.4 Å². The molecule has 3 nitrogen and oxygen atoms in total. The van der Waals surface area contributed by atoms with Crippen LogP contribution in [-0.2, 0) is 6.42 Å². The van der Waals surface area contributed by atoms with Crippen LogP contribution in [0.1, 0.15) is 43.7 Å². The second-order valence-corrected chi connectivity index (χ2v) is 9.42. The summed E-state index contributed by atoms with van der Waals surface area (Å²) in [6.45, 7) is 7.41. The molecular formula is C20H29N3S.